The van der Waals surface area contributed by atoms with Crippen LogP contribution in [0.4, 0.5) is 5.69 Å². The van der Waals surface area contributed by atoms with Crippen LogP contribution in [0.3, 0.4) is 0 Å². The second kappa shape index (κ2) is 5.41. The smallest absolute Gasteiger partial charge is 0.326 e. The van der Waals surface area contributed by atoms with Gasteiger partial charge in [0.05, 0.1) is 0 Å². The Kier molecular flexibility index (Phi) is 3.89. The number of anilines is 1. The number of rotatable bonds is 4. The first-order chi connectivity index (χ1) is 8.16. The minimum Gasteiger partial charge on any atom is -0.480 e. The van der Waals surface area contributed by atoms with E-state index in [1.807, 2.05) is 12.1 Å². The zero-order chi connectivity index (χ0) is 12.3. The molecule has 1 aliphatic rings. The molecular formula is C13H16ClNO2. The van der Waals surface area contributed by atoms with Gasteiger partial charge in [0.25, 0.3) is 0 Å². The van der Waals surface area contributed by atoms with Gasteiger partial charge in [0.15, 0.2) is 0 Å². The number of hydrogen-bond donors (Lipinski definition) is 2. The highest BCUT2D eigenvalue weighted by Gasteiger charge is 2.30. The van der Waals surface area contributed by atoms with Crippen LogP contribution < -0.4 is 5.32 Å². The van der Waals surface area contributed by atoms with Crippen molar-refractivity contribution < 1.29 is 9.90 Å². The van der Waals surface area contributed by atoms with Crippen LogP contribution in [0.25, 0.3) is 0 Å². The first-order valence-corrected chi connectivity index (χ1v) is 6.29. The molecule has 17 heavy (non-hydrogen) atoms. The van der Waals surface area contributed by atoms with Gasteiger partial charge in [-0.3, -0.25) is 0 Å². The highest BCUT2D eigenvalue weighted by Crippen LogP contribution is 2.29. The van der Waals surface area contributed by atoms with Crippen molar-refractivity contribution in [1.29, 1.82) is 0 Å². The minimum absolute atomic E-state index is 0.239. The van der Waals surface area contributed by atoms with E-state index in [1.165, 1.54) is 0 Å². The van der Waals surface area contributed by atoms with Crippen LogP contribution in [0.1, 0.15) is 25.7 Å². The van der Waals surface area contributed by atoms with Gasteiger partial charge in [-0.25, -0.2) is 4.79 Å². The molecule has 0 saturated heterocycles. The van der Waals surface area contributed by atoms with Crippen molar-refractivity contribution in [3.05, 3.63) is 29.3 Å². The van der Waals surface area contributed by atoms with Crippen molar-refractivity contribution in [1.82, 2.24) is 0 Å². The van der Waals surface area contributed by atoms with Crippen LogP contribution in [-0.4, -0.2) is 17.1 Å². The SMILES string of the molecule is O=C(O)C(Nc1ccc(Cl)cc1)C1CCCC1. The molecule has 2 N–H and O–H groups in total. The van der Waals surface area contributed by atoms with E-state index >= 15 is 0 Å². The van der Waals surface area contributed by atoms with E-state index in [0.29, 0.717) is 5.02 Å². The summed E-state index contributed by atoms with van der Waals surface area (Å²) in [5.74, 6) is -0.532. The first-order valence-electron chi connectivity index (χ1n) is 5.92. The molecule has 1 aromatic rings. The number of hydrogen-bond acceptors (Lipinski definition) is 2. The molecule has 0 amide bonds. The molecule has 0 aromatic heterocycles. The third-order valence-corrected chi connectivity index (χ3v) is 3.56. The van der Waals surface area contributed by atoms with Gasteiger partial charge in [-0.2, -0.15) is 0 Å². The molecule has 92 valence electrons. The Morgan fingerprint density at radius 2 is 1.88 bits per heavy atom. The predicted octanol–water partition coefficient (Wildman–Crippen LogP) is 3.40. The Morgan fingerprint density at radius 3 is 2.41 bits per heavy atom. The number of nitrogens with one attached hydrogen (secondary N) is 1. The fraction of sp³-hybridized carbons (Fsp3) is 0.462. The fourth-order valence-corrected chi connectivity index (χ4v) is 2.52. The van der Waals surface area contributed by atoms with E-state index in [-0.39, 0.29) is 5.92 Å². The predicted molar refractivity (Wildman–Crippen MR) is 68.5 cm³/mol. The topological polar surface area (TPSA) is 49.3 Å². The first kappa shape index (κ1) is 12.2. The van der Waals surface area contributed by atoms with Gasteiger partial charge in [0.1, 0.15) is 6.04 Å². The van der Waals surface area contributed by atoms with Crippen LogP contribution in [0, 0.1) is 5.92 Å². The van der Waals surface area contributed by atoms with Gasteiger partial charge < -0.3 is 10.4 Å². The van der Waals surface area contributed by atoms with Crippen molar-refractivity contribution >= 4 is 23.3 Å². The lowest BCUT2D eigenvalue weighted by atomic mass is 9.98. The lowest BCUT2D eigenvalue weighted by molar-refractivity contribution is -0.139. The Morgan fingerprint density at radius 1 is 1.29 bits per heavy atom. The number of benzene rings is 1. The molecular weight excluding hydrogens is 238 g/mol. The molecule has 2 rings (SSSR count). The van der Waals surface area contributed by atoms with Gasteiger partial charge in [0.2, 0.25) is 0 Å². The maximum absolute atomic E-state index is 11.3. The van der Waals surface area contributed by atoms with Crippen LogP contribution in [0.15, 0.2) is 24.3 Å². The summed E-state index contributed by atoms with van der Waals surface area (Å²) in [5.41, 5.74) is 0.814. The number of aliphatic carboxylic acids is 1. The van der Waals surface area contributed by atoms with Gasteiger partial charge in [0, 0.05) is 10.7 Å². The van der Waals surface area contributed by atoms with Crippen molar-refractivity contribution in [2.24, 2.45) is 5.92 Å². The van der Waals surface area contributed by atoms with Gasteiger partial charge in [-0.1, -0.05) is 24.4 Å². The summed E-state index contributed by atoms with van der Waals surface area (Å²) in [5, 5.41) is 13.0. The van der Waals surface area contributed by atoms with Crippen molar-refractivity contribution in [2.75, 3.05) is 5.32 Å². The fourth-order valence-electron chi connectivity index (χ4n) is 2.40. The van der Waals surface area contributed by atoms with E-state index in [9.17, 15) is 9.90 Å². The molecule has 3 nitrogen and oxygen atoms in total. The average molecular weight is 254 g/mol. The van der Waals surface area contributed by atoms with Crippen LogP contribution in [-0.2, 0) is 4.79 Å². The summed E-state index contributed by atoms with van der Waals surface area (Å²) in [7, 11) is 0. The third-order valence-electron chi connectivity index (χ3n) is 3.30. The van der Waals surface area contributed by atoms with E-state index in [4.69, 9.17) is 11.6 Å². The molecule has 1 fully saturated rings. The van der Waals surface area contributed by atoms with Crippen molar-refractivity contribution in [3.8, 4) is 0 Å². The summed E-state index contributed by atoms with van der Waals surface area (Å²) in [6, 6.07) is 6.66. The molecule has 1 unspecified atom stereocenters. The molecule has 4 heteroatoms. The summed E-state index contributed by atoms with van der Waals surface area (Å²) < 4.78 is 0. The lowest BCUT2D eigenvalue weighted by Gasteiger charge is -2.21. The molecule has 0 spiro atoms. The van der Waals surface area contributed by atoms with E-state index in [2.05, 4.69) is 5.32 Å². The van der Waals surface area contributed by atoms with E-state index < -0.39 is 12.0 Å². The van der Waals surface area contributed by atoms with Crippen molar-refractivity contribution in [2.45, 2.75) is 31.7 Å². The molecule has 0 aliphatic heterocycles. The Hall–Kier alpha value is -1.22. The quantitative estimate of drug-likeness (QED) is 0.865. The molecule has 0 bridgehead atoms. The number of carboxylic acids is 1. The summed E-state index contributed by atoms with van der Waals surface area (Å²) in [6.07, 6.45) is 4.27. The molecule has 1 aromatic carbocycles. The monoisotopic (exact) mass is 253 g/mol. The number of halogens is 1. The van der Waals surface area contributed by atoms with Crippen LogP contribution in [0.5, 0.6) is 0 Å². The summed E-state index contributed by atoms with van der Waals surface area (Å²) >= 11 is 5.79. The van der Waals surface area contributed by atoms with Crippen LogP contribution in [0.2, 0.25) is 5.02 Å². The number of carboxylic acid groups (broad SMARTS) is 1. The Bertz CT molecular complexity index is 385. The number of carbonyl (C=O) groups is 1. The maximum Gasteiger partial charge on any atom is 0.326 e. The highest BCUT2D eigenvalue weighted by molar-refractivity contribution is 6.30. The molecule has 0 heterocycles. The van der Waals surface area contributed by atoms with E-state index in [0.717, 1.165) is 31.4 Å². The largest absolute Gasteiger partial charge is 0.480 e. The van der Waals surface area contributed by atoms with E-state index in [1.54, 1.807) is 12.1 Å². The van der Waals surface area contributed by atoms with Gasteiger partial charge >= 0.3 is 5.97 Å². The minimum atomic E-state index is -0.771. The average Bonchev–Trinajstić information content (AvgIpc) is 2.81. The Labute approximate surface area is 106 Å². The standard InChI is InChI=1S/C13H16ClNO2/c14-10-5-7-11(8-6-10)15-12(13(16)17)9-3-1-2-4-9/h5-9,12,15H,1-4H2,(H,16,17). The normalized spacial score (nSPS) is 17.9. The zero-order valence-corrected chi connectivity index (χ0v) is 10.3. The molecule has 1 saturated carbocycles. The van der Waals surface area contributed by atoms with Gasteiger partial charge in [-0.15, -0.1) is 0 Å². The van der Waals surface area contributed by atoms with Crippen molar-refractivity contribution in [3.63, 3.8) is 0 Å². The summed E-state index contributed by atoms with van der Waals surface area (Å²) in [4.78, 5) is 11.3. The van der Waals surface area contributed by atoms with Gasteiger partial charge in [-0.05, 0) is 43.0 Å². The molecule has 1 atom stereocenters. The zero-order valence-electron chi connectivity index (χ0n) is 9.53. The Balaban J connectivity index is 2.06. The van der Waals surface area contributed by atoms with Crippen LogP contribution >= 0.6 is 11.6 Å². The lowest BCUT2D eigenvalue weighted by Crippen LogP contribution is -2.35. The second-order valence-electron chi connectivity index (χ2n) is 4.51. The molecule has 1 aliphatic carbocycles. The third kappa shape index (κ3) is 3.13. The maximum atomic E-state index is 11.3. The second-order valence-corrected chi connectivity index (χ2v) is 4.95. The summed E-state index contributed by atoms with van der Waals surface area (Å²) in [6.45, 7) is 0. The highest BCUT2D eigenvalue weighted by atomic mass is 35.5. The molecule has 0 radical (unpaired) electrons.